The highest BCUT2D eigenvalue weighted by molar-refractivity contribution is 5.77. The van der Waals surface area contributed by atoms with Crippen LogP contribution < -0.4 is 11.1 Å². The maximum atomic E-state index is 11.1. The summed E-state index contributed by atoms with van der Waals surface area (Å²) in [6.45, 7) is 0.964. The van der Waals surface area contributed by atoms with Gasteiger partial charge in [-0.05, 0) is 19.2 Å². The first-order valence-electron chi connectivity index (χ1n) is 4.72. The van der Waals surface area contributed by atoms with Gasteiger partial charge in [0.1, 0.15) is 5.82 Å². The van der Waals surface area contributed by atoms with Crippen molar-refractivity contribution in [3.63, 3.8) is 0 Å². The normalized spacial score (nSPS) is 10.3. The van der Waals surface area contributed by atoms with Crippen molar-refractivity contribution in [2.75, 3.05) is 26.4 Å². The van der Waals surface area contributed by atoms with Gasteiger partial charge >= 0.3 is 0 Å². The van der Waals surface area contributed by atoms with E-state index in [9.17, 15) is 4.79 Å². The van der Waals surface area contributed by atoms with Gasteiger partial charge in [-0.1, -0.05) is 6.07 Å². The zero-order valence-corrected chi connectivity index (χ0v) is 9.03. The number of aromatic nitrogens is 1. The maximum Gasteiger partial charge on any atom is 0.233 e. The highest BCUT2D eigenvalue weighted by Gasteiger charge is 2.05. The van der Waals surface area contributed by atoms with Gasteiger partial charge in [0.15, 0.2) is 0 Å². The van der Waals surface area contributed by atoms with Gasteiger partial charge in [0.2, 0.25) is 5.91 Å². The molecule has 5 heteroatoms. The summed E-state index contributed by atoms with van der Waals surface area (Å²) >= 11 is 0. The third-order valence-corrected chi connectivity index (χ3v) is 1.95. The Kier molecular flexibility index (Phi) is 4.05. The van der Waals surface area contributed by atoms with Crippen molar-refractivity contribution in [2.45, 2.75) is 6.54 Å². The molecule has 0 atom stereocenters. The number of carbonyl (C=O) groups is 1. The number of hydrogen-bond acceptors (Lipinski definition) is 4. The molecule has 0 unspecified atom stereocenters. The van der Waals surface area contributed by atoms with E-state index < -0.39 is 0 Å². The van der Waals surface area contributed by atoms with Crippen LogP contribution in [0, 0.1) is 0 Å². The standard InChI is InChI=1S/C10H16N4O/c1-12-10(15)7-14(2)6-8-4-3-5-9(11)13-8/h3-5H,6-7H2,1-2H3,(H2,11,13)(H,12,15). The molecule has 82 valence electrons. The molecule has 1 heterocycles. The third kappa shape index (κ3) is 3.95. The average Bonchev–Trinajstić information content (AvgIpc) is 2.17. The summed E-state index contributed by atoms with van der Waals surface area (Å²) in [5, 5.41) is 2.57. The van der Waals surface area contributed by atoms with Gasteiger partial charge in [-0.25, -0.2) is 4.98 Å². The van der Waals surface area contributed by atoms with E-state index in [4.69, 9.17) is 5.73 Å². The SMILES string of the molecule is CNC(=O)CN(C)Cc1cccc(N)n1. The number of carbonyl (C=O) groups excluding carboxylic acids is 1. The van der Waals surface area contributed by atoms with E-state index >= 15 is 0 Å². The van der Waals surface area contributed by atoms with E-state index in [1.165, 1.54) is 0 Å². The van der Waals surface area contributed by atoms with Crippen molar-refractivity contribution in [2.24, 2.45) is 0 Å². The van der Waals surface area contributed by atoms with Crippen LogP contribution in [0.4, 0.5) is 5.82 Å². The molecule has 0 spiro atoms. The molecule has 0 aliphatic carbocycles. The van der Waals surface area contributed by atoms with Crippen LogP contribution in [-0.2, 0) is 11.3 Å². The number of hydrogen-bond donors (Lipinski definition) is 2. The Labute approximate surface area is 89.3 Å². The number of nitrogens with zero attached hydrogens (tertiary/aromatic N) is 2. The second-order valence-corrected chi connectivity index (χ2v) is 3.40. The summed E-state index contributed by atoms with van der Waals surface area (Å²) in [5.74, 6) is 0.488. The van der Waals surface area contributed by atoms with Crippen molar-refractivity contribution in [3.05, 3.63) is 23.9 Å². The lowest BCUT2D eigenvalue weighted by Crippen LogP contribution is -2.32. The minimum atomic E-state index is -0.0126. The second-order valence-electron chi connectivity index (χ2n) is 3.40. The van der Waals surface area contributed by atoms with Crippen LogP contribution in [-0.4, -0.2) is 36.4 Å². The number of rotatable bonds is 4. The van der Waals surface area contributed by atoms with E-state index in [1.807, 2.05) is 24.1 Å². The van der Waals surface area contributed by atoms with Crippen molar-refractivity contribution in [3.8, 4) is 0 Å². The minimum absolute atomic E-state index is 0.0126. The topological polar surface area (TPSA) is 71.2 Å². The molecule has 0 saturated heterocycles. The van der Waals surface area contributed by atoms with Gasteiger partial charge in [-0.15, -0.1) is 0 Å². The second kappa shape index (κ2) is 5.31. The Bertz CT molecular complexity index is 340. The average molecular weight is 208 g/mol. The van der Waals surface area contributed by atoms with Crippen molar-refractivity contribution in [1.82, 2.24) is 15.2 Å². The van der Waals surface area contributed by atoms with Crippen LogP contribution in [0.1, 0.15) is 5.69 Å². The Morgan fingerprint density at radius 3 is 2.93 bits per heavy atom. The van der Waals surface area contributed by atoms with Crippen LogP contribution >= 0.6 is 0 Å². The monoisotopic (exact) mass is 208 g/mol. The first-order chi connectivity index (χ1) is 7.11. The highest BCUT2D eigenvalue weighted by Crippen LogP contribution is 2.02. The number of nitrogens with one attached hydrogen (secondary N) is 1. The van der Waals surface area contributed by atoms with Crippen molar-refractivity contribution in [1.29, 1.82) is 0 Å². The zero-order valence-electron chi connectivity index (χ0n) is 9.03. The summed E-state index contributed by atoms with van der Waals surface area (Å²) in [4.78, 5) is 17.1. The molecule has 0 aliphatic heterocycles. The first kappa shape index (κ1) is 11.5. The summed E-state index contributed by atoms with van der Waals surface area (Å²) in [6, 6.07) is 5.48. The quantitative estimate of drug-likeness (QED) is 0.721. The van der Waals surface area contributed by atoms with E-state index in [-0.39, 0.29) is 5.91 Å². The lowest BCUT2D eigenvalue weighted by atomic mass is 10.3. The molecule has 3 N–H and O–H groups in total. The molecule has 0 saturated carbocycles. The van der Waals surface area contributed by atoms with E-state index in [0.29, 0.717) is 18.9 Å². The molecule has 1 aromatic rings. The zero-order chi connectivity index (χ0) is 11.3. The third-order valence-electron chi connectivity index (χ3n) is 1.95. The van der Waals surface area contributed by atoms with Gasteiger partial charge in [-0.2, -0.15) is 0 Å². The number of likely N-dealkylation sites (N-methyl/N-ethyl adjacent to an activating group) is 2. The van der Waals surface area contributed by atoms with Crippen molar-refractivity contribution >= 4 is 11.7 Å². The number of nitrogen functional groups attached to an aromatic ring is 1. The highest BCUT2D eigenvalue weighted by atomic mass is 16.1. The lowest BCUT2D eigenvalue weighted by molar-refractivity contribution is -0.121. The fraction of sp³-hybridized carbons (Fsp3) is 0.400. The summed E-state index contributed by atoms with van der Waals surface area (Å²) < 4.78 is 0. The van der Waals surface area contributed by atoms with Crippen molar-refractivity contribution < 1.29 is 4.79 Å². The Balaban J connectivity index is 2.51. The van der Waals surface area contributed by atoms with Crippen LogP contribution in [0.15, 0.2) is 18.2 Å². The number of nitrogens with two attached hydrogens (primary N) is 1. The van der Waals surface area contributed by atoms with Crippen LogP contribution in [0.25, 0.3) is 0 Å². The van der Waals surface area contributed by atoms with Gasteiger partial charge in [-0.3, -0.25) is 9.69 Å². The molecule has 0 bridgehead atoms. The Morgan fingerprint density at radius 2 is 2.33 bits per heavy atom. The van der Waals surface area contributed by atoms with Gasteiger partial charge in [0, 0.05) is 13.6 Å². The number of pyridine rings is 1. The molecular formula is C10H16N4O. The molecule has 1 rings (SSSR count). The van der Waals surface area contributed by atoms with Gasteiger partial charge in [0.05, 0.1) is 12.2 Å². The molecular weight excluding hydrogens is 192 g/mol. The molecule has 5 nitrogen and oxygen atoms in total. The molecule has 1 aromatic heterocycles. The Morgan fingerprint density at radius 1 is 1.60 bits per heavy atom. The summed E-state index contributed by atoms with van der Waals surface area (Å²) in [6.07, 6.45) is 0. The summed E-state index contributed by atoms with van der Waals surface area (Å²) in [7, 11) is 3.48. The largest absolute Gasteiger partial charge is 0.384 e. The molecule has 0 radical (unpaired) electrons. The molecule has 0 aromatic carbocycles. The molecule has 0 aliphatic rings. The van der Waals surface area contributed by atoms with E-state index in [1.54, 1.807) is 13.1 Å². The van der Waals surface area contributed by atoms with Gasteiger partial charge < -0.3 is 11.1 Å². The summed E-state index contributed by atoms with van der Waals surface area (Å²) in [5.41, 5.74) is 6.42. The lowest BCUT2D eigenvalue weighted by Gasteiger charge is -2.14. The number of amides is 1. The predicted octanol–water partition coefficient (Wildman–Crippen LogP) is -0.158. The minimum Gasteiger partial charge on any atom is -0.384 e. The predicted molar refractivity (Wildman–Crippen MR) is 59.1 cm³/mol. The van der Waals surface area contributed by atoms with Crippen LogP contribution in [0.3, 0.4) is 0 Å². The fourth-order valence-electron chi connectivity index (χ4n) is 1.24. The molecule has 0 fully saturated rings. The fourth-order valence-corrected chi connectivity index (χ4v) is 1.24. The van der Waals surface area contributed by atoms with Gasteiger partial charge in [0.25, 0.3) is 0 Å². The molecule has 1 amide bonds. The van der Waals surface area contributed by atoms with Crippen LogP contribution in [0.5, 0.6) is 0 Å². The maximum absolute atomic E-state index is 11.1. The van der Waals surface area contributed by atoms with E-state index in [0.717, 1.165) is 5.69 Å². The first-order valence-corrected chi connectivity index (χ1v) is 4.72. The van der Waals surface area contributed by atoms with Crippen LogP contribution in [0.2, 0.25) is 0 Å². The molecule has 15 heavy (non-hydrogen) atoms. The number of anilines is 1. The van der Waals surface area contributed by atoms with E-state index in [2.05, 4.69) is 10.3 Å². The Hall–Kier alpha value is -1.62. The smallest absolute Gasteiger partial charge is 0.233 e.